The van der Waals surface area contributed by atoms with Crippen molar-refractivity contribution in [2.24, 2.45) is 0 Å². The number of rotatable bonds is 2. The number of hydrogen-bond donors (Lipinski definition) is 1. The average Bonchev–Trinajstić information content (AvgIpc) is 2.17. The van der Waals surface area contributed by atoms with Crippen LogP contribution >= 0.6 is 0 Å². The van der Waals surface area contributed by atoms with E-state index in [2.05, 4.69) is 49.4 Å². The topological polar surface area (TPSA) is 15.3 Å². The van der Waals surface area contributed by atoms with Crippen molar-refractivity contribution in [3.8, 4) is 0 Å². The van der Waals surface area contributed by atoms with Crippen LogP contribution in [0.4, 0.5) is 0 Å². The lowest BCUT2D eigenvalue weighted by atomic mass is 9.93. The smallest absolute Gasteiger partial charge is 0.0294 e. The zero-order valence-corrected chi connectivity index (χ0v) is 9.88. The van der Waals surface area contributed by atoms with Gasteiger partial charge in [-0.25, -0.2) is 0 Å². The van der Waals surface area contributed by atoms with Crippen molar-refractivity contribution < 1.29 is 0 Å². The first-order valence-corrected chi connectivity index (χ1v) is 5.66. The Kier molecular flexibility index (Phi) is 3.08. The lowest BCUT2D eigenvalue weighted by Crippen LogP contribution is -2.27. The van der Waals surface area contributed by atoms with E-state index in [4.69, 9.17) is 0 Å². The fraction of sp³-hybridized carbons (Fsp3) is 0.538. The zero-order chi connectivity index (χ0) is 10.8. The molecule has 1 aromatic carbocycles. The van der Waals surface area contributed by atoms with Gasteiger partial charge in [0.2, 0.25) is 0 Å². The molecule has 0 aromatic heterocycles. The van der Waals surface area contributed by atoms with E-state index >= 15 is 0 Å². The molecule has 0 aliphatic carbocycles. The van der Waals surface area contributed by atoms with Gasteiger partial charge in [0.25, 0.3) is 0 Å². The van der Waals surface area contributed by atoms with Crippen LogP contribution in [0.25, 0.3) is 0 Å². The molecule has 82 valence electrons. The second-order valence-electron chi connectivity index (χ2n) is 4.70. The van der Waals surface area contributed by atoms with Crippen molar-refractivity contribution in [3.05, 3.63) is 34.9 Å². The summed E-state index contributed by atoms with van der Waals surface area (Å²) in [4.78, 5) is 2.21. The number of nitrogens with one attached hydrogen (secondary N) is 1. The minimum absolute atomic E-state index is 0.516. The van der Waals surface area contributed by atoms with Gasteiger partial charge in [-0.05, 0) is 50.7 Å². The van der Waals surface area contributed by atoms with E-state index < -0.39 is 0 Å². The van der Waals surface area contributed by atoms with E-state index in [0.717, 1.165) is 13.1 Å². The summed E-state index contributed by atoms with van der Waals surface area (Å²) >= 11 is 0. The summed E-state index contributed by atoms with van der Waals surface area (Å²) in [5.74, 6) is 0. The van der Waals surface area contributed by atoms with Gasteiger partial charge in [0, 0.05) is 12.6 Å². The van der Waals surface area contributed by atoms with Crippen molar-refractivity contribution in [3.63, 3.8) is 0 Å². The second-order valence-corrected chi connectivity index (χ2v) is 4.70. The van der Waals surface area contributed by atoms with Gasteiger partial charge in [0.1, 0.15) is 0 Å². The zero-order valence-electron chi connectivity index (χ0n) is 9.88. The summed E-state index contributed by atoms with van der Waals surface area (Å²) in [6, 6.07) is 7.42. The molecule has 0 bridgehead atoms. The molecule has 1 aliphatic heterocycles. The maximum atomic E-state index is 3.49. The predicted molar refractivity (Wildman–Crippen MR) is 64.0 cm³/mol. The van der Waals surface area contributed by atoms with Crippen LogP contribution < -0.4 is 5.32 Å². The fourth-order valence-electron chi connectivity index (χ4n) is 2.29. The van der Waals surface area contributed by atoms with Gasteiger partial charge in [-0.15, -0.1) is 0 Å². The molecule has 1 atom stereocenters. The van der Waals surface area contributed by atoms with E-state index in [-0.39, 0.29) is 0 Å². The summed E-state index contributed by atoms with van der Waals surface area (Å²) in [5, 5.41) is 3.49. The SMILES string of the molecule is CC1NCCc2cc(CN(C)C)ccc21. The molecule has 1 heterocycles. The van der Waals surface area contributed by atoms with Crippen LogP contribution in [0.15, 0.2) is 18.2 Å². The molecule has 1 aliphatic rings. The molecular weight excluding hydrogens is 184 g/mol. The van der Waals surface area contributed by atoms with Gasteiger partial charge in [-0.3, -0.25) is 0 Å². The second kappa shape index (κ2) is 4.33. The summed E-state index contributed by atoms with van der Waals surface area (Å²) < 4.78 is 0. The third kappa shape index (κ3) is 2.39. The lowest BCUT2D eigenvalue weighted by molar-refractivity contribution is 0.402. The summed E-state index contributed by atoms with van der Waals surface area (Å²) in [6.07, 6.45) is 1.17. The molecule has 2 heteroatoms. The first kappa shape index (κ1) is 10.7. The normalized spacial score (nSPS) is 20.4. The van der Waals surface area contributed by atoms with E-state index in [1.54, 1.807) is 0 Å². The number of nitrogens with zero attached hydrogens (tertiary/aromatic N) is 1. The molecule has 0 fully saturated rings. The minimum Gasteiger partial charge on any atom is -0.310 e. The number of hydrogen-bond acceptors (Lipinski definition) is 2. The highest BCUT2D eigenvalue weighted by molar-refractivity contribution is 5.35. The van der Waals surface area contributed by atoms with Crippen LogP contribution in [0.1, 0.15) is 29.7 Å². The first-order valence-electron chi connectivity index (χ1n) is 5.66. The van der Waals surface area contributed by atoms with E-state index in [9.17, 15) is 0 Å². The minimum atomic E-state index is 0.516. The molecule has 1 N–H and O–H groups in total. The monoisotopic (exact) mass is 204 g/mol. The Balaban J connectivity index is 2.25. The molecule has 2 rings (SSSR count). The van der Waals surface area contributed by atoms with Crippen molar-refractivity contribution in [1.29, 1.82) is 0 Å². The molecule has 0 amide bonds. The Morgan fingerprint density at radius 1 is 1.40 bits per heavy atom. The van der Waals surface area contributed by atoms with E-state index in [0.29, 0.717) is 6.04 Å². The molecule has 1 unspecified atom stereocenters. The van der Waals surface area contributed by atoms with Gasteiger partial charge >= 0.3 is 0 Å². The highest BCUT2D eigenvalue weighted by Gasteiger charge is 2.15. The van der Waals surface area contributed by atoms with E-state index in [1.165, 1.54) is 23.1 Å². The van der Waals surface area contributed by atoms with Crippen LogP contribution in [0.2, 0.25) is 0 Å². The van der Waals surface area contributed by atoms with Crippen LogP contribution in [0.5, 0.6) is 0 Å². The fourth-order valence-corrected chi connectivity index (χ4v) is 2.29. The van der Waals surface area contributed by atoms with Gasteiger partial charge in [-0.2, -0.15) is 0 Å². The highest BCUT2D eigenvalue weighted by atomic mass is 15.0. The number of benzene rings is 1. The summed E-state index contributed by atoms with van der Waals surface area (Å²) in [5.41, 5.74) is 4.43. The molecule has 2 nitrogen and oxygen atoms in total. The molecule has 0 spiro atoms. The standard InChI is InChI=1S/C13H20N2/c1-10-13-5-4-11(9-15(2)3)8-12(13)6-7-14-10/h4-5,8,10,14H,6-7,9H2,1-3H3. The van der Waals surface area contributed by atoms with Crippen LogP contribution in [-0.4, -0.2) is 25.5 Å². The average molecular weight is 204 g/mol. The quantitative estimate of drug-likeness (QED) is 0.792. The van der Waals surface area contributed by atoms with Gasteiger partial charge in [0.15, 0.2) is 0 Å². The van der Waals surface area contributed by atoms with Gasteiger partial charge < -0.3 is 10.2 Å². The van der Waals surface area contributed by atoms with Crippen molar-refractivity contribution in [2.45, 2.75) is 25.9 Å². The first-order chi connectivity index (χ1) is 7.16. The molecule has 0 radical (unpaired) electrons. The van der Waals surface area contributed by atoms with Crippen molar-refractivity contribution in [2.75, 3.05) is 20.6 Å². The van der Waals surface area contributed by atoms with Crippen LogP contribution in [0, 0.1) is 0 Å². The molecule has 1 aromatic rings. The highest BCUT2D eigenvalue weighted by Crippen LogP contribution is 2.23. The Morgan fingerprint density at radius 2 is 2.20 bits per heavy atom. The Morgan fingerprint density at radius 3 is 2.93 bits per heavy atom. The Labute approximate surface area is 92.3 Å². The maximum absolute atomic E-state index is 3.49. The van der Waals surface area contributed by atoms with Gasteiger partial charge in [0.05, 0.1) is 0 Å². The van der Waals surface area contributed by atoms with Crippen LogP contribution in [0.3, 0.4) is 0 Å². The molecule has 0 saturated carbocycles. The molecule has 0 saturated heterocycles. The number of fused-ring (bicyclic) bond motifs is 1. The third-order valence-electron chi connectivity index (χ3n) is 3.02. The lowest BCUT2D eigenvalue weighted by Gasteiger charge is -2.24. The molecule has 15 heavy (non-hydrogen) atoms. The van der Waals surface area contributed by atoms with Crippen molar-refractivity contribution >= 4 is 0 Å². The third-order valence-corrected chi connectivity index (χ3v) is 3.02. The maximum Gasteiger partial charge on any atom is 0.0294 e. The molecular formula is C13H20N2. The largest absolute Gasteiger partial charge is 0.310 e. The van der Waals surface area contributed by atoms with Crippen LogP contribution in [-0.2, 0) is 13.0 Å². The van der Waals surface area contributed by atoms with E-state index in [1.807, 2.05) is 0 Å². The van der Waals surface area contributed by atoms with Gasteiger partial charge in [-0.1, -0.05) is 18.2 Å². The summed E-state index contributed by atoms with van der Waals surface area (Å²) in [7, 11) is 4.23. The van der Waals surface area contributed by atoms with Crippen molar-refractivity contribution in [1.82, 2.24) is 10.2 Å². The Hall–Kier alpha value is -0.860. The Bertz CT molecular complexity index is 344. The predicted octanol–water partition coefficient (Wildman–Crippen LogP) is 1.95. The summed E-state index contributed by atoms with van der Waals surface area (Å²) in [6.45, 7) is 4.39.